The van der Waals surface area contributed by atoms with Gasteiger partial charge in [0.1, 0.15) is 6.54 Å². The van der Waals surface area contributed by atoms with E-state index in [9.17, 15) is 18.0 Å². The Morgan fingerprint density at radius 2 is 1.92 bits per heavy atom. The predicted octanol–water partition coefficient (Wildman–Crippen LogP) is 1.75. The number of carbonyl (C=O) groups excluding carboxylic acids is 1. The van der Waals surface area contributed by atoms with Crippen LogP contribution in [-0.2, 0) is 11.3 Å². The summed E-state index contributed by atoms with van der Waals surface area (Å²) in [5.74, 6) is -0.371. The number of amides is 1. The number of carbonyl (C=O) groups is 1. The fraction of sp³-hybridized carbons (Fsp3) is 0.647. The molecule has 0 saturated carbocycles. The normalized spacial score (nSPS) is 23.9. The van der Waals surface area contributed by atoms with Gasteiger partial charge >= 0.3 is 6.18 Å². The number of hydrogen-bond donors (Lipinski definition) is 0. The lowest BCUT2D eigenvalue weighted by Gasteiger charge is -2.42. The quantitative estimate of drug-likeness (QED) is 0.824. The molecule has 8 heteroatoms. The molecule has 1 unspecified atom stereocenters. The first-order valence-corrected chi connectivity index (χ1v) is 8.63. The first-order chi connectivity index (χ1) is 11.9. The maximum absolute atomic E-state index is 12.6. The third kappa shape index (κ3) is 4.92. The Morgan fingerprint density at radius 1 is 1.16 bits per heavy atom. The molecule has 2 fully saturated rings. The molecule has 3 rings (SSSR count). The van der Waals surface area contributed by atoms with E-state index in [1.807, 2.05) is 23.2 Å². The molecule has 1 amide bonds. The molecule has 0 spiro atoms. The van der Waals surface area contributed by atoms with Gasteiger partial charge in [0.2, 0.25) is 5.91 Å². The molecule has 0 radical (unpaired) electrons. The summed E-state index contributed by atoms with van der Waals surface area (Å²) >= 11 is 0. The number of likely N-dealkylation sites (tertiary alicyclic amines) is 1. The lowest BCUT2D eigenvalue weighted by atomic mass is 10.0. The van der Waals surface area contributed by atoms with Gasteiger partial charge in [-0.3, -0.25) is 19.6 Å². The summed E-state index contributed by atoms with van der Waals surface area (Å²) in [5, 5.41) is 0. The fourth-order valence-electron chi connectivity index (χ4n) is 3.62. The molecule has 2 saturated heterocycles. The molecule has 5 nitrogen and oxygen atoms in total. The summed E-state index contributed by atoms with van der Waals surface area (Å²) in [6, 6.07) is 3.53. The molecule has 3 heterocycles. The zero-order valence-corrected chi connectivity index (χ0v) is 14.1. The SMILES string of the molecule is O=C1C(N2CCN(Cc3cccnc3)CC2)CCCN1CC(F)(F)F. The van der Waals surface area contributed by atoms with Crippen molar-refractivity contribution in [2.24, 2.45) is 0 Å². The summed E-state index contributed by atoms with van der Waals surface area (Å²) in [6.07, 6.45) is 0.521. The van der Waals surface area contributed by atoms with Crippen molar-refractivity contribution in [2.45, 2.75) is 31.6 Å². The maximum atomic E-state index is 12.6. The highest BCUT2D eigenvalue weighted by Gasteiger charge is 2.39. The summed E-state index contributed by atoms with van der Waals surface area (Å²) in [5.41, 5.74) is 1.14. The van der Waals surface area contributed by atoms with Gasteiger partial charge in [0.05, 0.1) is 6.04 Å². The van der Waals surface area contributed by atoms with Crippen LogP contribution in [0.15, 0.2) is 24.5 Å². The number of hydrogen-bond acceptors (Lipinski definition) is 4. The second-order valence-corrected chi connectivity index (χ2v) is 6.71. The summed E-state index contributed by atoms with van der Waals surface area (Å²) < 4.78 is 37.9. The van der Waals surface area contributed by atoms with Crippen LogP contribution in [0.1, 0.15) is 18.4 Å². The highest BCUT2D eigenvalue weighted by atomic mass is 19.4. The molecular weight excluding hydrogens is 333 g/mol. The Balaban J connectivity index is 1.52. The van der Waals surface area contributed by atoms with Crippen LogP contribution < -0.4 is 0 Å². The predicted molar refractivity (Wildman–Crippen MR) is 86.7 cm³/mol. The van der Waals surface area contributed by atoms with Crippen molar-refractivity contribution in [1.29, 1.82) is 0 Å². The molecule has 1 atom stereocenters. The number of alkyl halides is 3. The van der Waals surface area contributed by atoms with E-state index in [0.717, 1.165) is 30.1 Å². The zero-order valence-electron chi connectivity index (χ0n) is 14.1. The molecule has 0 aromatic carbocycles. The van der Waals surface area contributed by atoms with Crippen LogP contribution in [0.3, 0.4) is 0 Å². The van der Waals surface area contributed by atoms with Crippen molar-refractivity contribution in [3.8, 4) is 0 Å². The molecular formula is C17H23F3N4O. The molecule has 1 aromatic rings. The van der Waals surface area contributed by atoms with E-state index >= 15 is 0 Å². The van der Waals surface area contributed by atoms with E-state index in [1.165, 1.54) is 0 Å². The van der Waals surface area contributed by atoms with E-state index in [2.05, 4.69) is 9.88 Å². The Morgan fingerprint density at radius 3 is 2.56 bits per heavy atom. The van der Waals surface area contributed by atoms with Gasteiger partial charge in [-0.05, 0) is 24.5 Å². The standard InChI is InChI=1S/C17H23F3N4O/c18-17(19,20)13-24-6-2-4-15(16(24)25)23-9-7-22(8-10-23)12-14-3-1-5-21-11-14/h1,3,5,11,15H,2,4,6-10,12-13H2. The van der Waals surface area contributed by atoms with E-state index in [0.29, 0.717) is 25.9 Å². The molecule has 1 aromatic heterocycles. The van der Waals surface area contributed by atoms with Crippen LogP contribution in [0, 0.1) is 0 Å². The van der Waals surface area contributed by atoms with Crippen molar-refractivity contribution < 1.29 is 18.0 Å². The lowest BCUT2D eigenvalue weighted by Crippen LogP contribution is -2.58. The smallest absolute Gasteiger partial charge is 0.332 e. The van der Waals surface area contributed by atoms with Gasteiger partial charge in [-0.1, -0.05) is 6.07 Å². The van der Waals surface area contributed by atoms with Gasteiger partial charge in [-0.15, -0.1) is 0 Å². The second kappa shape index (κ2) is 7.70. The van der Waals surface area contributed by atoms with Crippen LogP contribution in [-0.4, -0.2) is 77.1 Å². The highest BCUT2D eigenvalue weighted by Crippen LogP contribution is 2.23. The summed E-state index contributed by atoms with van der Waals surface area (Å²) in [4.78, 5) is 21.8. The highest BCUT2D eigenvalue weighted by molar-refractivity contribution is 5.82. The molecule has 0 bridgehead atoms. The first kappa shape index (κ1) is 18.1. The van der Waals surface area contributed by atoms with E-state index < -0.39 is 18.8 Å². The minimum Gasteiger partial charge on any atom is -0.332 e. The van der Waals surface area contributed by atoms with Crippen molar-refractivity contribution in [2.75, 3.05) is 39.3 Å². The topological polar surface area (TPSA) is 39.7 Å². The maximum Gasteiger partial charge on any atom is 0.406 e. The number of pyridine rings is 1. The summed E-state index contributed by atoms with van der Waals surface area (Å²) in [6.45, 7) is 2.89. The third-order valence-corrected chi connectivity index (χ3v) is 4.85. The number of halogens is 3. The minimum atomic E-state index is -4.33. The Labute approximate surface area is 145 Å². The van der Waals surface area contributed by atoms with E-state index in [1.54, 1.807) is 6.20 Å². The molecule has 25 heavy (non-hydrogen) atoms. The number of aromatic nitrogens is 1. The van der Waals surface area contributed by atoms with Gasteiger partial charge in [0.25, 0.3) is 0 Å². The lowest BCUT2D eigenvalue weighted by molar-refractivity contribution is -0.168. The van der Waals surface area contributed by atoms with Crippen molar-refractivity contribution in [1.82, 2.24) is 19.7 Å². The zero-order chi connectivity index (χ0) is 17.9. The fourth-order valence-corrected chi connectivity index (χ4v) is 3.62. The van der Waals surface area contributed by atoms with Crippen LogP contribution in [0.2, 0.25) is 0 Å². The van der Waals surface area contributed by atoms with Gasteiger partial charge in [0.15, 0.2) is 0 Å². The van der Waals surface area contributed by atoms with Gasteiger partial charge in [0, 0.05) is 51.7 Å². The third-order valence-electron chi connectivity index (χ3n) is 4.85. The monoisotopic (exact) mass is 356 g/mol. The number of piperazine rings is 1. The summed E-state index contributed by atoms with van der Waals surface area (Å²) in [7, 11) is 0. The van der Waals surface area contributed by atoms with Crippen LogP contribution in [0.25, 0.3) is 0 Å². The van der Waals surface area contributed by atoms with Crippen molar-refractivity contribution >= 4 is 5.91 Å². The van der Waals surface area contributed by atoms with Crippen LogP contribution in [0.5, 0.6) is 0 Å². The van der Waals surface area contributed by atoms with Gasteiger partial charge < -0.3 is 4.90 Å². The Kier molecular flexibility index (Phi) is 5.58. The number of rotatable bonds is 4. The van der Waals surface area contributed by atoms with Crippen LogP contribution >= 0.6 is 0 Å². The van der Waals surface area contributed by atoms with Gasteiger partial charge in [-0.25, -0.2) is 0 Å². The van der Waals surface area contributed by atoms with Crippen molar-refractivity contribution in [3.63, 3.8) is 0 Å². The van der Waals surface area contributed by atoms with Gasteiger partial charge in [-0.2, -0.15) is 13.2 Å². The van der Waals surface area contributed by atoms with Crippen molar-refractivity contribution in [3.05, 3.63) is 30.1 Å². The molecule has 2 aliphatic heterocycles. The molecule has 0 aliphatic carbocycles. The minimum absolute atomic E-state index is 0.204. The average molecular weight is 356 g/mol. The Bertz CT molecular complexity index is 573. The number of nitrogens with zero attached hydrogens (tertiary/aromatic N) is 4. The first-order valence-electron chi connectivity index (χ1n) is 8.63. The molecule has 0 N–H and O–H groups in total. The molecule has 2 aliphatic rings. The van der Waals surface area contributed by atoms with E-state index in [4.69, 9.17) is 0 Å². The largest absolute Gasteiger partial charge is 0.406 e. The average Bonchev–Trinajstić information content (AvgIpc) is 2.57. The van der Waals surface area contributed by atoms with E-state index in [-0.39, 0.29) is 12.5 Å². The number of piperidine rings is 1. The molecule has 138 valence electrons. The Hall–Kier alpha value is -1.67. The van der Waals surface area contributed by atoms with Crippen LogP contribution in [0.4, 0.5) is 13.2 Å². The second-order valence-electron chi connectivity index (χ2n) is 6.71.